The van der Waals surface area contributed by atoms with Crippen LogP contribution in [0.2, 0.25) is 0 Å². The zero-order valence-electron chi connectivity index (χ0n) is 14.4. The summed E-state index contributed by atoms with van der Waals surface area (Å²) in [5.74, 6) is 0.340. The van der Waals surface area contributed by atoms with E-state index in [2.05, 4.69) is 10.3 Å². The number of amides is 2. The summed E-state index contributed by atoms with van der Waals surface area (Å²) in [5, 5.41) is 13.1. The molecular formula is C18H19N3O5. The van der Waals surface area contributed by atoms with Gasteiger partial charge in [0.1, 0.15) is 6.23 Å². The Morgan fingerprint density at radius 3 is 2.54 bits per heavy atom. The molecule has 0 bridgehead atoms. The summed E-state index contributed by atoms with van der Waals surface area (Å²) in [4.78, 5) is 29.5. The molecule has 1 atom stereocenters. The lowest BCUT2D eigenvalue weighted by molar-refractivity contribution is 0.0631. The number of ether oxygens (including phenoxy) is 2. The number of methoxy groups -OCH3 is 2. The number of aliphatic hydroxyl groups is 1. The normalized spacial score (nSPS) is 14.2. The number of aromatic nitrogens is 1. The third kappa shape index (κ3) is 3.31. The molecule has 0 saturated heterocycles. The summed E-state index contributed by atoms with van der Waals surface area (Å²) in [7, 11) is 3.06. The smallest absolute Gasteiger partial charge is 0.263 e. The summed E-state index contributed by atoms with van der Waals surface area (Å²) in [5.41, 5.74) is 1.26. The second-order valence-corrected chi connectivity index (χ2v) is 5.70. The first-order chi connectivity index (χ1) is 12.5. The Bertz CT molecular complexity index is 804. The lowest BCUT2D eigenvalue weighted by atomic mass is 10.2. The van der Waals surface area contributed by atoms with Crippen molar-refractivity contribution in [3.8, 4) is 11.5 Å². The highest BCUT2D eigenvalue weighted by atomic mass is 16.5. The van der Waals surface area contributed by atoms with E-state index in [9.17, 15) is 14.7 Å². The molecule has 1 aliphatic rings. The summed E-state index contributed by atoms with van der Waals surface area (Å²) < 4.78 is 10.4. The highest BCUT2D eigenvalue weighted by molar-refractivity contribution is 6.21. The van der Waals surface area contributed by atoms with E-state index in [1.165, 1.54) is 32.7 Å². The van der Waals surface area contributed by atoms with Crippen LogP contribution in [-0.4, -0.2) is 53.8 Å². The Morgan fingerprint density at radius 2 is 1.85 bits per heavy atom. The van der Waals surface area contributed by atoms with Crippen molar-refractivity contribution < 1.29 is 24.2 Å². The van der Waals surface area contributed by atoms with Crippen molar-refractivity contribution in [3.63, 3.8) is 0 Å². The predicted molar refractivity (Wildman–Crippen MR) is 93.4 cm³/mol. The number of nitrogens with one attached hydrogen (secondary N) is 1. The van der Waals surface area contributed by atoms with Gasteiger partial charge in [0.05, 0.1) is 25.3 Å². The van der Waals surface area contributed by atoms with E-state index in [0.29, 0.717) is 28.3 Å². The third-order valence-electron chi connectivity index (χ3n) is 4.12. The molecule has 1 aliphatic heterocycles. The lowest BCUT2D eigenvalue weighted by Gasteiger charge is -2.19. The monoisotopic (exact) mass is 357 g/mol. The number of imide groups is 1. The Morgan fingerprint density at radius 1 is 1.12 bits per heavy atom. The number of carbonyl (C=O) groups is 2. The van der Waals surface area contributed by atoms with Crippen molar-refractivity contribution in [3.05, 3.63) is 47.8 Å². The van der Waals surface area contributed by atoms with Gasteiger partial charge in [0.15, 0.2) is 11.5 Å². The van der Waals surface area contributed by atoms with E-state index in [1.54, 1.807) is 18.2 Å². The molecule has 26 heavy (non-hydrogen) atoms. The first kappa shape index (κ1) is 17.7. The molecule has 8 nitrogen and oxygen atoms in total. The van der Waals surface area contributed by atoms with Gasteiger partial charge in [-0.25, -0.2) is 0 Å². The Balaban J connectivity index is 1.61. The fraction of sp³-hybridized carbons (Fsp3) is 0.278. The van der Waals surface area contributed by atoms with Gasteiger partial charge in [-0.3, -0.25) is 19.5 Å². The van der Waals surface area contributed by atoms with Crippen LogP contribution in [0, 0.1) is 0 Å². The van der Waals surface area contributed by atoms with Crippen LogP contribution in [0.1, 0.15) is 27.1 Å². The van der Waals surface area contributed by atoms with E-state index < -0.39 is 12.1 Å². The molecule has 2 heterocycles. The molecule has 8 heteroatoms. The number of benzene rings is 1. The Hall–Kier alpha value is -3.13. The fourth-order valence-corrected chi connectivity index (χ4v) is 2.78. The molecule has 0 radical (unpaired) electrons. The van der Waals surface area contributed by atoms with Gasteiger partial charge in [-0.05, 0) is 18.2 Å². The average molecular weight is 357 g/mol. The Labute approximate surface area is 150 Å². The topological polar surface area (TPSA) is 101 Å². The largest absolute Gasteiger partial charge is 0.493 e. The molecule has 1 aromatic heterocycles. The number of hydrogen-bond acceptors (Lipinski definition) is 7. The lowest BCUT2D eigenvalue weighted by Crippen LogP contribution is -2.34. The van der Waals surface area contributed by atoms with Gasteiger partial charge in [0, 0.05) is 37.1 Å². The van der Waals surface area contributed by atoms with Crippen LogP contribution in [-0.2, 0) is 0 Å². The van der Waals surface area contributed by atoms with Crippen molar-refractivity contribution in [1.29, 1.82) is 0 Å². The van der Waals surface area contributed by atoms with Crippen molar-refractivity contribution in [1.82, 2.24) is 9.88 Å². The van der Waals surface area contributed by atoms with Gasteiger partial charge in [0.2, 0.25) is 0 Å². The van der Waals surface area contributed by atoms with Crippen LogP contribution in [0.3, 0.4) is 0 Å². The average Bonchev–Trinajstić information content (AvgIpc) is 2.90. The molecule has 2 amide bonds. The molecule has 0 saturated carbocycles. The minimum absolute atomic E-state index is 0.0911. The highest BCUT2D eigenvalue weighted by Gasteiger charge is 2.35. The van der Waals surface area contributed by atoms with Gasteiger partial charge in [-0.1, -0.05) is 0 Å². The molecule has 136 valence electrons. The maximum atomic E-state index is 12.3. The highest BCUT2D eigenvalue weighted by Crippen LogP contribution is 2.30. The first-order valence-electron chi connectivity index (χ1n) is 8.02. The van der Waals surface area contributed by atoms with Crippen LogP contribution < -0.4 is 14.8 Å². The number of fused-ring (bicyclic) bond motifs is 1. The number of hydrogen-bond donors (Lipinski definition) is 2. The van der Waals surface area contributed by atoms with Gasteiger partial charge in [-0.2, -0.15) is 0 Å². The van der Waals surface area contributed by atoms with E-state index >= 15 is 0 Å². The number of rotatable bonds is 7. The van der Waals surface area contributed by atoms with E-state index in [1.807, 2.05) is 0 Å². The van der Waals surface area contributed by atoms with Gasteiger partial charge in [-0.15, -0.1) is 0 Å². The van der Waals surface area contributed by atoms with Crippen LogP contribution in [0.25, 0.3) is 0 Å². The molecular weight excluding hydrogens is 338 g/mol. The van der Waals surface area contributed by atoms with E-state index in [0.717, 1.165) is 4.90 Å². The van der Waals surface area contributed by atoms with E-state index in [4.69, 9.17) is 9.47 Å². The number of nitrogens with zero attached hydrogens (tertiary/aromatic N) is 2. The maximum Gasteiger partial charge on any atom is 0.263 e. The molecule has 2 aromatic rings. The number of carbonyl (C=O) groups excluding carboxylic acids is 2. The zero-order valence-corrected chi connectivity index (χ0v) is 14.4. The number of pyridine rings is 1. The van der Waals surface area contributed by atoms with Gasteiger partial charge < -0.3 is 19.9 Å². The first-order valence-corrected chi connectivity index (χ1v) is 8.02. The van der Waals surface area contributed by atoms with Crippen LogP contribution in [0.5, 0.6) is 11.5 Å². The zero-order chi connectivity index (χ0) is 18.7. The minimum atomic E-state index is -0.949. The second kappa shape index (κ2) is 7.40. The van der Waals surface area contributed by atoms with E-state index in [-0.39, 0.29) is 18.9 Å². The van der Waals surface area contributed by atoms with Gasteiger partial charge >= 0.3 is 0 Å². The summed E-state index contributed by atoms with van der Waals surface area (Å²) in [6.07, 6.45) is 2.08. The fourth-order valence-electron chi connectivity index (χ4n) is 2.78. The molecule has 0 fully saturated rings. The van der Waals surface area contributed by atoms with Crippen LogP contribution >= 0.6 is 0 Å². The molecule has 3 rings (SSSR count). The van der Waals surface area contributed by atoms with Crippen molar-refractivity contribution in [2.24, 2.45) is 0 Å². The number of aliphatic hydroxyl groups excluding tert-OH is 1. The summed E-state index contributed by atoms with van der Waals surface area (Å²) in [6.45, 7) is 0.0911. The van der Waals surface area contributed by atoms with Crippen LogP contribution in [0.4, 0.5) is 5.69 Å². The molecule has 2 N–H and O–H groups in total. The molecule has 0 aliphatic carbocycles. The van der Waals surface area contributed by atoms with Gasteiger partial charge in [0.25, 0.3) is 11.8 Å². The number of anilines is 1. The Kier molecular flexibility index (Phi) is 5.04. The van der Waals surface area contributed by atoms with Crippen molar-refractivity contribution >= 4 is 17.5 Å². The molecule has 1 aromatic carbocycles. The maximum absolute atomic E-state index is 12.3. The third-order valence-corrected chi connectivity index (χ3v) is 4.12. The summed E-state index contributed by atoms with van der Waals surface area (Å²) in [6, 6.07) is 6.66. The molecule has 1 unspecified atom stereocenters. The quantitative estimate of drug-likeness (QED) is 0.572. The van der Waals surface area contributed by atoms with Crippen molar-refractivity contribution in [2.75, 3.05) is 26.1 Å². The SMILES string of the molecule is COc1ccc(NC(O)CCN2C(=O)c3ccncc3C2=O)cc1OC. The minimum Gasteiger partial charge on any atom is -0.493 e. The molecule has 0 spiro atoms. The van der Waals surface area contributed by atoms with Crippen molar-refractivity contribution in [2.45, 2.75) is 12.6 Å². The second-order valence-electron chi connectivity index (χ2n) is 5.70. The summed E-state index contributed by atoms with van der Waals surface area (Å²) >= 11 is 0. The van der Waals surface area contributed by atoms with Crippen LogP contribution in [0.15, 0.2) is 36.7 Å². The predicted octanol–water partition coefficient (Wildman–Crippen LogP) is 1.52. The standard InChI is InChI=1S/C18H19N3O5/c1-25-14-4-3-11(9-15(14)26-2)20-16(22)6-8-21-17(23)12-5-7-19-10-13(12)18(21)24/h3-5,7,9-10,16,20,22H,6,8H2,1-2H3.